The second-order valence-electron chi connectivity index (χ2n) is 6.69. The first-order chi connectivity index (χ1) is 15.2. The lowest BCUT2D eigenvalue weighted by Crippen LogP contribution is -2.21. The van der Waals surface area contributed by atoms with Crippen LogP contribution in [0.1, 0.15) is 5.89 Å². The Morgan fingerprint density at radius 1 is 0.935 bits per heavy atom. The summed E-state index contributed by atoms with van der Waals surface area (Å²) in [4.78, 5) is 18.1. The van der Waals surface area contributed by atoms with Crippen LogP contribution < -0.4 is 5.56 Å². The fourth-order valence-electron chi connectivity index (χ4n) is 3.17. The zero-order valence-corrected chi connectivity index (χ0v) is 18.5. The molecule has 0 bridgehead atoms. The number of hydrogen-bond donors (Lipinski definition) is 0. The van der Waals surface area contributed by atoms with Gasteiger partial charge in [-0.05, 0) is 42.5 Å². The summed E-state index contributed by atoms with van der Waals surface area (Å²) in [6.45, 7) is 0. The number of benzene rings is 3. The molecule has 0 aliphatic carbocycles. The van der Waals surface area contributed by atoms with E-state index in [4.69, 9.17) is 9.40 Å². The summed E-state index contributed by atoms with van der Waals surface area (Å²) in [5, 5.41) is 9.39. The number of aromatic nitrogens is 4. The number of rotatable bonds is 5. The highest BCUT2D eigenvalue weighted by Gasteiger charge is 2.16. The molecule has 0 fully saturated rings. The third kappa shape index (κ3) is 4.04. The van der Waals surface area contributed by atoms with Crippen LogP contribution in [0.2, 0.25) is 0 Å². The average Bonchev–Trinajstić information content (AvgIpc) is 3.28. The number of hydrogen-bond acceptors (Lipinski definition) is 6. The van der Waals surface area contributed by atoms with Crippen molar-refractivity contribution < 1.29 is 4.42 Å². The predicted octanol–water partition coefficient (Wildman–Crippen LogP) is 5.49. The highest BCUT2D eigenvalue weighted by atomic mass is 79.9. The molecule has 0 atom stereocenters. The topological polar surface area (TPSA) is 73.8 Å². The van der Waals surface area contributed by atoms with Crippen LogP contribution in [0.5, 0.6) is 0 Å². The molecule has 0 unspecified atom stereocenters. The molecule has 0 saturated carbocycles. The molecule has 0 amide bonds. The van der Waals surface area contributed by atoms with Crippen molar-refractivity contribution in [1.82, 2.24) is 19.7 Å². The van der Waals surface area contributed by atoms with Gasteiger partial charge in [-0.3, -0.25) is 9.36 Å². The average molecular weight is 491 g/mol. The number of nitrogens with zero attached hydrogens (tertiary/aromatic N) is 4. The third-order valence-electron chi connectivity index (χ3n) is 4.63. The van der Waals surface area contributed by atoms with E-state index in [1.165, 1.54) is 11.8 Å². The molecule has 0 spiro atoms. The minimum absolute atomic E-state index is 0.129. The Balaban J connectivity index is 1.53. The SMILES string of the molecule is O=c1c2cc(Br)ccc2nc(SCc2nnc(-c3ccccc3)o2)n1-c1ccccc1. The quantitative estimate of drug-likeness (QED) is 0.239. The molecular formula is C23H15BrN4O2S. The van der Waals surface area contributed by atoms with Gasteiger partial charge in [0.2, 0.25) is 11.8 Å². The monoisotopic (exact) mass is 490 g/mol. The highest BCUT2D eigenvalue weighted by Crippen LogP contribution is 2.26. The Morgan fingerprint density at radius 2 is 1.68 bits per heavy atom. The lowest BCUT2D eigenvalue weighted by molar-refractivity contribution is 0.528. The second kappa shape index (κ2) is 8.49. The molecular weight excluding hydrogens is 476 g/mol. The van der Waals surface area contributed by atoms with Crippen molar-refractivity contribution in [2.24, 2.45) is 0 Å². The molecule has 6 nitrogen and oxygen atoms in total. The number of halogens is 1. The van der Waals surface area contributed by atoms with E-state index < -0.39 is 0 Å². The molecule has 5 rings (SSSR count). The molecule has 152 valence electrons. The normalized spacial score (nSPS) is 11.1. The summed E-state index contributed by atoms with van der Waals surface area (Å²) < 4.78 is 8.26. The lowest BCUT2D eigenvalue weighted by Gasteiger charge is -2.12. The summed E-state index contributed by atoms with van der Waals surface area (Å²) in [7, 11) is 0. The predicted molar refractivity (Wildman–Crippen MR) is 124 cm³/mol. The minimum atomic E-state index is -0.129. The fourth-order valence-corrected chi connectivity index (χ4v) is 4.39. The van der Waals surface area contributed by atoms with Crippen molar-refractivity contribution in [3.05, 3.63) is 99.6 Å². The van der Waals surface area contributed by atoms with Crippen molar-refractivity contribution >= 4 is 38.6 Å². The van der Waals surface area contributed by atoms with E-state index in [2.05, 4.69) is 26.1 Å². The van der Waals surface area contributed by atoms with Gasteiger partial charge in [0.25, 0.3) is 5.56 Å². The molecule has 0 radical (unpaired) electrons. The summed E-state index contributed by atoms with van der Waals surface area (Å²) in [5.74, 6) is 1.32. The maximum Gasteiger partial charge on any atom is 0.266 e. The molecule has 31 heavy (non-hydrogen) atoms. The molecule has 0 aliphatic heterocycles. The Bertz CT molecular complexity index is 1420. The van der Waals surface area contributed by atoms with Gasteiger partial charge in [0, 0.05) is 10.0 Å². The smallest absolute Gasteiger partial charge is 0.266 e. The maximum atomic E-state index is 13.3. The van der Waals surface area contributed by atoms with E-state index in [0.717, 1.165) is 15.7 Å². The standard InChI is InChI=1S/C23H15BrN4O2S/c24-16-11-12-19-18(13-16)22(29)28(17-9-5-2-6-10-17)23(25-19)31-14-20-26-27-21(30-20)15-7-3-1-4-8-15/h1-13H,14H2. The van der Waals surface area contributed by atoms with E-state index in [0.29, 0.717) is 33.6 Å². The van der Waals surface area contributed by atoms with Gasteiger partial charge in [-0.25, -0.2) is 4.98 Å². The maximum absolute atomic E-state index is 13.3. The van der Waals surface area contributed by atoms with Gasteiger partial charge in [-0.2, -0.15) is 0 Å². The molecule has 3 aromatic carbocycles. The Labute approximate surface area is 190 Å². The Morgan fingerprint density at radius 3 is 2.45 bits per heavy atom. The van der Waals surface area contributed by atoms with Crippen molar-refractivity contribution in [1.29, 1.82) is 0 Å². The third-order valence-corrected chi connectivity index (χ3v) is 6.04. The van der Waals surface area contributed by atoms with E-state index in [-0.39, 0.29) is 5.56 Å². The van der Waals surface area contributed by atoms with Gasteiger partial charge in [0.05, 0.1) is 22.3 Å². The number of para-hydroxylation sites is 1. The van der Waals surface area contributed by atoms with Crippen LogP contribution in [0.4, 0.5) is 0 Å². The van der Waals surface area contributed by atoms with Gasteiger partial charge in [-0.15, -0.1) is 10.2 Å². The summed E-state index contributed by atoms with van der Waals surface area (Å²) in [5.41, 5.74) is 2.12. The van der Waals surface area contributed by atoms with E-state index >= 15 is 0 Å². The van der Waals surface area contributed by atoms with E-state index in [1.54, 1.807) is 10.6 Å². The zero-order chi connectivity index (χ0) is 21.2. The molecule has 2 aromatic heterocycles. The second-order valence-corrected chi connectivity index (χ2v) is 8.55. The van der Waals surface area contributed by atoms with Gasteiger partial charge >= 0.3 is 0 Å². The summed E-state index contributed by atoms with van der Waals surface area (Å²) in [6, 6.07) is 24.6. The number of thioether (sulfide) groups is 1. The minimum Gasteiger partial charge on any atom is -0.420 e. The van der Waals surface area contributed by atoms with Crippen LogP contribution in [-0.2, 0) is 5.75 Å². The van der Waals surface area contributed by atoms with E-state index in [9.17, 15) is 4.79 Å². The zero-order valence-electron chi connectivity index (χ0n) is 16.1. The largest absolute Gasteiger partial charge is 0.420 e. The number of fused-ring (bicyclic) bond motifs is 1. The Hall–Kier alpha value is -3.23. The van der Waals surface area contributed by atoms with Crippen molar-refractivity contribution in [2.75, 3.05) is 0 Å². The first-order valence-corrected chi connectivity index (χ1v) is 11.3. The fraction of sp³-hybridized carbons (Fsp3) is 0.0435. The summed E-state index contributed by atoms with van der Waals surface area (Å²) in [6.07, 6.45) is 0. The first-order valence-electron chi connectivity index (χ1n) is 9.47. The van der Waals surface area contributed by atoms with Crippen LogP contribution in [-0.4, -0.2) is 19.7 Å². The van der Waals surface area contributed by atoms with Crippen molar-refractivity contribution in [3.63, 3.8) is 0 Å². The van der Waals surface area contributed by atoms with Gasteiger partial charge in [-0.1, -0.05) is 64.1 Å². The van der Waals surface area contributed by atoms with Crippen LogP contribution in [0, 0.1) is 0 Å². The summed E-state index contributed by atoms with van der Waals surface area (Å²) >= 11 is 4.82. The van der Waals surface area contributed by atoms with Gasteiger partial charge in [0.1, 0.15) is 0 Å². The highest BCUT2D eigenvalue weighted by molar-refractivity contribution is 9.10. The molecule has 0 saturated heterocycles. The van der Waals surface area contributed by atoms with Gasteiger partial charge in [0.15, 0.2) is 5.16 Å². The lowest BCUT2D eigenvalue weighted by atomic mass is 10.2. The van der Waals surface area contributed by atoms with E-state index in [1.807, 2.05) is 72.8 Å². The van der Waals surface area contributed by atoms with Crippen molar-refractivity contribution in [3.8, 4) is 17.1 Å². The van der Waals surface area contributed by atoms with Crippen LogP contribution in [0.3, 0.4) is 0 Å². The van der Waals surface area contributed by atoms with Crippen LogP contribution in [0.25, 0.3) is 28.0 Å². The van der Waals surface area contributed by atoms with Crippen molar-refractivity contribution in [2.45, 2.75) is 10.9 Å². The van der Waals surface area contributed by atoms with Crippen LogP contribution >= 0.6 is 27.7 Å². The molecule has 2 heterocycles. The molecule has 0 aliphatic rings. The van der Waals surface area contributed by atoms with Gasteiger partial charge < -0.3 is 4.42 Å². The first kappa shape index (κ1) is 19.7. The molecule has 8 heteroatoms. The van der Waals surface area contributed by atoms with Crippen LogP contribution in [0.15, 0.2) is 97.7 Å². The molecule has 0 N–H and O–H groups in total. The Kier molecular flexibility index (Phi) is 5.40. The molecule has 5 aromatic rings.